The van der Waals surface area contributed by atoms with E-state index in [4.69, 9.17) is 18.0 Å². The second-order valence-electron chi connectivity index (χ2n) is 3.88. The molecular weight excluding hydrogens is 300 g/mol. The molecule has 0 saturated heterocycles. The summed E-state index contributed by atoms with van der Waals surface area (Å²) in [7, 11) is -3.92. The van der Waals surface area contributed by atoms with E-state index < -0.39 is 32.7 Å². The summed E-state index contributed by atoms with van der Waals surface area (Å²) in [6.45, 7) is 4.65. The highest BCUT2D eigenvalue weighted by Crippen LogP contribution is 2.17. The van der Waals surface area contributed by atoms with E-state index >= 15 is 0 Å². The van der Waals surface area contributed by atoms with Gasteiger partial charge in [-0.15, -0.1) is 0 Å². The monoisotopic (exact) mass is 318 g/mol. The molecule has 0 atom stereocenters. The predicted molar refractivity (Wildman–Crippen MR) is 71.6 cm³/mol. The van der Waals surface area contributed by atoms with E-state index in [1.807, 2.05) is 0 Å². The third kappa shape index (κ3) is 8.58. The van der Waals surface area contributed by atoms with E-state index in [1.54, 1.807) is 6.92 Å². The molecule has 0 aliphatic carbocycles. The fraction of sp³-hybridized carbons (Fsp3) is 0.500. The minimum Gasteiger partial charge on any atom is -0.462 e. The van der Waals surface area contributed by atoms with Crippen molar-refractivity contribution in [2.45, 2.75) is 33.7 Å². The Balaban J connectivity index is 4.96. The van der Waals surface area contributed by atoms with Crippen molar-refractivity contribution in [3.05, 3.63) is 12.2 Å². The van der Waals surface area contributed by atoms with Crippen LogP contribution in [0.5, 0.6) is 0 Å². The number of ether oxygens (including phenoxy) is 1. The van der Waals surface area contributed by atoms with Gasteiger partial charge >= 0.3 is 14.8 Å². The van der Waals surface area contributed by atoms with Crippen molar-refractivity contribution in [3.8, 4) is 0 Å². The van der Waals surface area contributed by atoms with E-state index in [2.05, 4.69) is 0 Å². The second-order valence-corrected chi connectivity index (χ2v) is 6.36. The Morgan fingerprint density at radius 2 is 1.33 bits per heavy atom. The summed E-state index contributed by atoms with van der Waals surface area (Å²) in [6, 6.07) is -0.213. The van der Waals surface area contributed by atoms with Crippen LogP contribution in [0.4, 0.5) is 0 Å². The maximum atomic E-state index is 11.2. The summed E-state index contributed by atoms with van der Waals surface area (Å²) >= 11 is 0. The highest BCUT2D eigenvalue weighted by atomic mass is 28.4. The zero-order valence-electron chi connectivity index (χ0n) is 12.3. The molecule has 0 rings (SSSR count). The number of rotatable bonds is 7. The lowest BCUT2D eigenvalue weighted by atomic mass is 10.5. The van der Waals surface area contributed by atoms with Crippen LogP contribution in [0.2, 0.25) is 6.04 Å². The molecule has 0 unspecified atom stereocenters. The van der Waals surface area contributed by atoms with Gasteiger partial charge in [-0.25, -0.2) is 4.79 Å². The van der Waals surface area contributed by atoms with Gasteiger partial charge in [0.2, 0.25) is 0 Å². The fourth-order valence-corrected chi connectivity index (χ4v) is 3.43. The number of hydrogen-bond donors (Lipinski definition) is 0. The van der Waals surface area contributed by atoms with E-state index in [1.165, 1.54) is 12.2 Å². The summed E-state index contributed by atoms with van der Waals surface area (Å²) in [5.74, 6) is -2.94. The van der Waals surface area contributed by atoms with Gasteiger partial charge in [0.15, 0.2) is 0 Å². The Morgan fingerprint density at radius 3 is 1.67 bits per heavy atom. The van der Waals surface area contributed by atoms with Crippen LogP contribution in [-0.2, 0) is 37.2 Å². The average molecular weight is 318 g/mol. The van der Waals surface area contributed by atoms with Gasteiger partial charge in [-0.2, -0.15) is 0 Å². The van der Waals surface area contributed by atoms with Crippen LogP contribution in [0.25, 0.3) is 0 Å². The molecule has 0 amide bonds. The SMILES string of the molecule is CC=CC(=O)OCC[Si](OC(C)=O)(OC(C)=O)OC(C)=O. The Bertz CT molecular complexity index is 402. The van der Waals surface area contributed by atoms with E-state index in [0.717, 1.165) is 20.8 Å². The quantitative estimate of drug-likeness (QED) is 0.384. The Kier molecular flexibility index (Phi) is 7.98. The molecule has 0 fully saturated rings. The normalized spacial score (nSPS) is 10.9. The minimum atomic E-state index is -3.92. The van der Waals surface area contributed by atoms with Crippen LogP contribution in [0.3, 0.4) is 0 Å². The average Bonchev–Trinajstić information content (AvgIpc) is 2.25. The van der Waals surface area contributed by atoms with Gasteiger partial charge in [-0.3, -0.25) is 14.4 Å². The molecule has 0 radical (unpaired) electrons. The lowest BCUT2D eigenvalue weighted by Crippen LogP contribution is -2.50. The van der Waals surface area contributed by atoms with Gasteiger partial charge in [0, 0.05) is 26.8 Å². The van der Waals surface area contributed by atoms with Crippen molar-refractivity contribution < 1.29 is 37.2 Å². The number of esters is 1. The van der Waals surface area contributed by atoms with Crippen molar-refractivity contribution in [1.29, 1.82) is 0 Å². The highest BCUT2D eigenvalue weighted by molar-refractivity contribution is 6.65. The lowest BCUT2D eigenvalue weighted by Gasteiger charge is -2.25. The van der Waals surface area contributed by atoms with Gasteiger partial charge in [-0.1, -0.05) is 6.08 Å². The van der Waals surface area contributed by atoms with Gasteiger partial charge < -0.3 is 18.0 Å². The van der Waals surface area contributed by atoms with Gasteiger partial charge in [0.25, 0.3) is 17.9 Å². The first-order valence-electron chi connectivity index (χ1n) is 6.09. The summed E-state index contributed by atoms with van der Waals surface area (Å²) < 4.78 is 19.5. The van der Waals surface area contributed by atoms with Crippen LogP contribution in [0.1, 0.15) is 27.7 Å². The van der Waals surface area contributed by atoms with E-state index in [-0.39, 0.29) is 12.7 Å². The Hall–Kier alpha value is -2.16. The van der Waals surface area contributed by atoms with Gasteiger partial charge in [0.1, 0.15) is 0 Å². The van der Waals surface area contributed by atoms with Crippen LogP contribution >= 0.6 is 0 Å². The first kappa shape index (κ1) is 18.8. The maximum Gasteiger partial charge on any atom is 0.708 e. The van der Waals surface area contributed by atoms with Crippen LogP contribution in [0.15, 0.2) is 12.2 Å². The number of carbonyl (C=O) groups is 4. The Morgan fingerprint density at radius 1 is 0.905 bits per heavy atom. The van der Waals surface area contributed by atoms with Crippen molar-refractivity contribution in [2.24, 2.45) is 0 Å². The molecule has 21 heavy (non-hydrogen) atoms. The maximum absolute atomic E-state index is 11.2. The molecule has 0 aromatic heterocycles. The summed E-state index contributed by atoms with van der Waals surface area (Å²) in [5.41, 5.74) is 0. The first-order chi connectivity index (χ1) is 9.70. The van der Waals surface area contributed by atoms with Crippen molar-refractivity contribution in [1.82, 2.24) is 0 Å². The molecule has 0 aliphatic heterocycles. The smallest absolute Gasteiger partial charge is 0.462 e. The van der Waals surface area contributed by atoms with E-state index in [0.29, 0.717) is 0 Å². The molecule has 0 aromatic carbocycles. The van der Waals surface area contributed by atoms with Crippen LogP contribution in [-0.4, -0.2) is 39.3 Å². The molecule has 8 nitrogen and oxygen atoms in total. The van der Waals surface area contributed by atoms with Crippen LogP contribution < -0.4 is 0 Å². The molecule has 0 N–H and O–H groups in total. The standard InChI is InChI=1S/C12H18O8Si/c1-5-6-12(16)17-7-8-21(18-9(2)13,19-10(3)14)20-11(4)15/h5-6H,7-8H2,1-4H3. The number of hydrogen-bond acceptors (Lipinski definition) is 8. The van der Waals surface area contributed by atoms with E-state index in [9.17, 15) is 19.2 Å². The largest absolute Gasteiger partial charge is 0.708 e. The zero-order valence-corrected chi connectivity index (χ0v) is 13.3. The van der Waals surface area contributed by atoms with Gasteiger partial charge in [-0.05, 0) is 6.92 Å². The summed E-state index contributed by atoms with van der Waals surface area (Å²) in [4.78, 5) is 44.6. The van der Waals surface area contributed by atoms with Crippen LogP contribution in [0, 0.1) is 0 Å². The molecule has 0 aromatic rings. The molecule has 118 valence electrons. The van der Waals surface area contributed by atoms with Gasteiger partial charge in [0.05, 0.1) is 12.7 Å². The first-order valence-corrected chi connectivity index (χ1v) is 8.02. The number of allylic oxidation sites excluding steroid dienone is 1. The minimum absolute atomic E-state index is 0.213. The molecule has 0 heterocycles. The predicted octanol–water partition coefficient (Wildman–Crippen LogP) is 0.734. The molecule has 0 aliphatic rings. The third-order valence-corrected chi connectivity index (χ3v) is 4.46. The summed E-state index contributed by atoms with van der Waals surface area (Å²) in [5, 5.41) is 0. The molecule has 0 spiro atoms. The number of carbonyl (C=O) groups excluding carboxylic acids is 4. The molecule has 0 saturated carbocycles. The lowest BCUT2D eigenvalue weighted by molar-refractivity contribution is -0.147. The second kappa shape index (κ2) is 8.90. The molecule has 0 bridgehead atoms. The van der Waals surface area contributed by atoms with Crippen molar-refractivity contribution >= 4 is 32.7 Å². The van der Waals surface area contributed by atoms with Crippen molar-refractivity contribution in [2.75, 3.05) is 6.61 Å². The molecular formula is C12H18O8Si. The fourth-order valence-electron chi connectivity index (χ4n) is 1.33. The highest BCUT2D eigenvalue weighted by Gasteiger charge is 2.51. The van der Waals surface area contributed by atoms with Crippen molar-refractivity contribution in [3.63, 3.8) is 0 Å². The summed E-state index contributed by atoms with van der Waals surface area (Å²) in [6.07, 6.45) is 2.67. The third-order valence-electron chi connectivity index (χ3n) is 1.85. The molecule has 9 heteroatoms. The zero-order chi connectivity index (χ0) is 16.5. The Labute approximate surface area is 123 Å². The topological polar surface area (TPSA) is 105 Å².